The van der Waals surface area contributed by atoms with Crippen LogP contribution in [0.5, 0.6) is 0 Å². The third-order valence-corrected chi connectivity index (χ3v) is 3.57. The summed E-state index contributed by atoms with van der Waals surface area (Å²) in [5.41, 5.74) is 1.43. The summed E-state index contributed by atoms with van der Waals surface area (Å²) >= 11 is 0. The van der Waals surface area contributed by atoms with E-state index in [1.54, 1.807) is 54.6 Å². The smallest absolute Gasteiger partial charge is 0.326 e. The number of aliphatic carboxylic acids is 1. The van der Waals surface area contributed by atoms with Gasteiger partial charge in [-0.15, -0.1) is 0 Å². The van der Waals surface area contributed by atoms with Crippen molar-refractivity contribution in [3.63, 3.8) is 0 Å². The maximum absolute atomic E-state index is 12.0. The number of carbonyl (C=O) groups excluding carboxylic acids is 2. The van der Waals surface area contributed by atoms with Crippen LogP contribution in [0, 0.1) is 11.3 Å². The summed E-state index contributed by atoms with van der Waals surface area (Å²) in [6, 6.07) is 15.7. The third-order valence-electron chi connectivity index (χ3n) is 3.57. The lowest BCUT2D eigenvalue weighted by atomic mass is 10.0. The highest BCUT2D eigenvalue weighted by Crippen LogP contribution is 2.07. The fourth-order valence-electron chi connectivity index (χ4n) is 2.30. The van der Waals surface area contributed by atoms with Gasteiger partial charge in [0.25, 0.3) is 5.91 Å². The molecule has 2 aromatic carbocycles. The zero-order valence-corrected chi connectivity index (χ0v) is 13.8. The Hall–Kier alpha value is -3.66. The van der Waals surface area contributed by atoms with Gasteiger partial charge in [-0.3, -0.25) is 9.59 Å². The lowest BCUT2D eigenvalue weighted by Crippen LogP contribution is -2.46. The molecule has 1 atom stereocenters. The molecular formula is C19H17N3O4. The van der Waals surface area contributed by atoms with Crippen molar-refractivity contribution in [2.24, 2.45) is 0 Å². The predicted octanol–water partition coefficient (Wildman–Crippen LogP) is 1.10. The number of hydrogen-bond acceptors (Lipinski definition) is 4. The molecule has 26 heavy (non-hydrogen) atoms. The summed E-state index contributed by atoms with van der Waals surface area (Å²) < 4.78 is 0. The van der Waals surface area contributed by atoms with E-state index < -0.39 is 23.8 Å². The van der Waals surface area contributed by atoms with Gasteiger partial charge in [0.1, 0.15) is 6.04 Å². The van der Waals surface area contributed by atoms with Crippen molar-refractivity contribution >= 4 is 17.8 Å². The van der Waals surface area contributed by atoms with Crippen LogP contribution in [0.2, 0.25) is 0 Å². The van der Waals surface area contributed by atoms with Crippen molar-refractivity contribution in [3.8, 4) is 6.07 Å². The van der Waals surface area contributed by atoms with Gasteiger partial charge in [0, 0.05) is 12.0 Å². The SMILES string of the molecule is N#Cc1cccc(C[C@H](NC(=O)CNC(=O)c2ccccc2)C(=O)O)c1. The quantitative estimate of drug-likeness (QED) is 0.690. The number of carboxylic acids is 1. The minimum atomic E-state index is -1.20. The molecule has 0 saturated heterocycles. The molecule has 0 bridgehead atoms. The Bertz CT molecular complexity index is 843. The summed E-state index contributed by atoms with van der Waals surface area (Å²) in [5, 5.41) is 23.0. The van der Waals surface area contributed by atoms with Crippen LogP contribution in [0.25, 0.3) is 0 Å². The number of nitriles is 1. The van der Waals surface area contributed by atoms with Gasteiger partial charge in [0.05, 0.1) is 18.2 Å². The fraction of sp³-hybridized carbons (Fsp3) is 0.158. The van der Waals surface area contributed by atoms with E-state index in [1.165, 1.54) is 0 Å². The first-order valence-corrected chi connectivity index (χ1v) is 7.84. The Morgan fingerprint density at radius 1 is 1.08 bits per heavy atom. The first-order chi connectivity index (χ1) is 12.5. The molecule has 0 aliphatic rings. The summed E-state index contributed by atoms with van der Waals surface area (Å²) in [4.78, 5) is 35.2. The summed E-state index contributed by atoms with van der Waals surface area (Å²) in [6.45, 7) is -0.338. The van der Waals surface area contributed by atoms with Crippen LogP contribution in [0.3, 0.4) is 0 Å². The fourth-order valence-corrected chi connectivity index (χ4v) is 2.30. The summed E-state index contributed by atoms with van der Waals surface area (Å²) in [6.07, 6.45) is 0.0310. The number of nitrogens with one attached hydrogen (secondary N) is 2. The Morgan fingerprint density at radius 2 is 1.81 bits per heavy atom. The third kappa shape index (κ3) is 5.46. The number of carboxylic acid groups (broad SMARTS) is 1. The average molecular weight is 351 g/mol. The molecule has 0 aromatic heterocycles. The molecule has 0 unspecified atom stereocenters. The molecule has 0 aliphatic heterocycles. The second-order valence-electron chi connectivity index (χ2n) is 5.52. The van der Waals surface area contributed by atoms with Crippen molar-refractivity contribution in [3.05, 3.63) is 71.3 Å². The Labute approximate surface area is 150 Å². The number of hydrogen-bond donors (Lipinski definition) is 3. The maximum atomic E-state index is 12.0. The zero-order valence-electron chi connectivity index (χ0n) is 13.8. The van der Waals surface area contributed by atoms with Gasteiger partial charge in [0.15, 0.2) is 0 Å². The molecule has 7 nitrogen and oxygen atoms in total. The maximum Gasteiger partial charge on any atom is 0.326 e. The highest BCUT2D eigenvalue weighted by Gasteiger charge is 2.21. The molecule has 0 fully saturated rings. The van der Waals surface area contributed by atoms with E-state index in [4.69, 9.17) is 5.26 Å². The minimum absolute atomic E-state index is 0.0310. The van der Waals surface area contributed by atoms with Gasteiger partial charge in [-0.05, 0) is 29.8 Å². The van der Waals surface area contributed by atoms with Crippen molar-refractivity contribution < 1.29 is 19.5 Å². The number of nitrogens with zero attached hydrogens (tertiary/aromatic N) is 1. The van der Waals surface area contributed by atoms with Gasteiger partial charge >= 0.3 is 5.97 Å². The molecule has 3 N–H and O–H groups in total. The van der Waals surface area contributed by atoms with E-state index >= 15 is 0 Å². The van der Waals surface area contributed by atoms with Crippen LogP contribution in [0.15, 0.2) is 54.6 Å². The molecule has 7 heteroatoms. The van der Waals surface area contributed by atoms with Crippen LogP contribution >= 0.6 is 0 Å². The Kier molecular flexibility index (Phi) is 6.46. The van der Waals surface area contributed by atoms with Gasteiger partial charge in [0.2, 0.25) is 5.91 Å². The number of amides is 2. The lowest BCUT2D eigenvalue weighted by molar-refractivity contribution is -0.141. The Morgan fingerprint density at radius 3 is 2.46 bits per heavy atom. The summed E-state index contributed by atoms with van der Waals surface area (Å²) in [5.74, 6) is -2.23. The van der Waals surface area contributed by atoms with Gasteiger partial charge in [-0.25, -0.2) is 4.79 Å². The molecule has 132 valence electrons. The van der Waals surface area contributed by atoms with Crippen LogP contribution in [-0.4, -0.2) is 35.5 Å². The van der Waals surface area contributed by atoms with Crippen LogP contribution < -0.4 is 10.6 Å². The van der Waals surface area contributed by atoms with Gasteiger partial charge in [-0.1, -0.05) is 30.3 Å². The van der Waals surface area contributed by atoms with Crippen molar-refractivity contribution in [2.45, 2.75) is 12.5 Å². The van der Waals surface area contributed by atoms with Crippen LogP contribution in [0.4, 0.5) is 0 Å². The van der Waals surface area contributed by atoms with Gasteiger partial charge in [-0.2, -0.15) is 5.26 Å². The molecule has 0 heterocycles. The molecule has 2 rings (SSSR count). The molecular weight excluding hydrogens is 334 g/mol. The first-order valence-electron chi connectivity index (χ1n) is 7.84. The van der Waals surface area contributed by atoms with Crippen molar-refractivity contribution in [1.82, 2.24) is 10.6 Å². The van der Waals surface area contributed by atoms with Crippen molar-refractivity contribution in [1.29, 1.82) is 5.26 Å². The van der Waals surface area contributed by atoms with E-state index in [-0.39, 0.29) is 13.0 Å². The highest BCUT2D eigenvalue weighted by atomic mass is 16.4. The average Bonchev–Trinajstić information content (AvgIpc) is 2.66. The molecule has 0 spiro atoms. The minimum Gasteiger partial charge on any atom is -0.480 e. The number of rotatable bonds is 7. The lowest BCUT2D eigenvalue weighted by Gasteiger charge is -2.15. The van der Waals surface area contributed by atoms with E-state index in [9.17, 15) is 19.5 Å². The predicted molar refractivity (Wildman–Crippen MR) is 93.2 cm³/mol. The molecule has 0 radical (unpaired) electrons. The van der Waals surface area contributed by atoms with E-state index in [2.05, 4.69) is 10.6 Å². The van der Waals surface area contributed by atoms with Gasteiger partial charge < -0.3 is 15.7 Å². The number of carbonyl (C=O) groups is 3. The molecule has 2 aromatic rings. The van der Waals surface area contributed by atoms with E-state index in [1.807, 2.05) is 6.07 Å². The van der Waals surface area contributed by atoms with Crippen molar-refractivity contribution in [2.75, 3.05) is 6.54 Å². The monoisotopic (exact) mass is 351 g/mol. The topological polar surface area (TPSA) is 119 Å². The molecule has 0 saturated carbocycles. The standard InChI is InChI=1S/C19H17N3O4/c20-11-14-6-4-5-13(9-14)10-16(19(25)26)22-17(23)12-21-18(24)15-7-2-1-3-8-15/h1-9,16H,10,12H2,(H,21,24)(H,22,23)(H,25,26)/t16-/m0/s1. The van der Waals surface area contributed by atoms with E-state index in [0.29, 0.717) is 16.7 Å². The van der Waals surface area contributed by atoms with Crippen LogP contribution in [0.1, 0.15) is 21.5 Å². The first kappa shape index (κ1) is 18.7. The molecule has 0 aliphatic carbocycles. The largest absolute Gasteiger partial charge is 0.480 e. The second kappa shape index (κ2) is 8.99. The second-order valence-corrected chi connectivity index (χ2v) is 5.52. The normalized spacial score (nSPS) is 11.0. The zero-order chi connectivity index (χ0) is 18.9. The van der Waals surface area contributed by atoms with E-state index in [0.717, 1.165) is 0 Å². The highest BCUT2D eigenvalue weighted by molar-refractivity contribution is 5.96. The Balaban J connectivity index is 1.92. The van der Waals surface area contributed by atoms with Crippen LogP contribution in [-0.2, 0) is 16.0 Å². The molecule has 2 amide bonds. The summed E-state index contributed by atoms with van der Waals surface area (Å²) in [7, 11) is 0. The number of benzene rings is 2.